The van der Waals surface area contributed by atoms with Crippen molar-refractivity contribution in [3.8, 4) is 0 Å². The number of amides is 1. The Morgan fingerprint density at radius 2 is 1.61 bits per heavy atom. The second-order valence-electron chi connectivity index (χ2n) is 6.61. The molecular formula is C15H28N2O. The number of hydrogen-bond acceptors (Lipinski definition) is 2. The first-order chi connectivity index (χ1) is 8.54. The summed E-state index contributed by atoms with van der Waals surface area (Å²) in [6, 6.07) is 0. The zero-order chi connectivity index (χ0) is 13.2. The van der Waals surface area contributed by atoms with Gasteiger partial charge in [-0.3, -0.25) is 4.79 Å². The van der Waals surface area contributed by atoms with E-state index in [-0.39, 0.29) is 5.92 Å². The van der Waals surface area contributed by atoms with Crippen molar-refractivity contribution in [2.45, 2.75) is 46.5 Å². The van der Waals surface area contributed by atoms with Crippen LogP contribution in [0.15, 0.2) is 0 Å². The maximum Gasteiger partial charge on any atom is 0.225 e. The van der Waals surface area contributed by atoms with E-state index in [0.717, 1.165) is 26.2 Å². The van der Waals surface area contributed by atoms with Crippen LogP contribution in [0.5, 0.6) is 0 Å². The van der Waals surface area contributed by atoms with Crippen LogP contribution in [-0.4, -0.2) is 37.0 Å². The molecule has 2 fully saturated rings. The molecule has 3 heteroatoms. The average molecular weight is 252 g/mol. The highest BCUT2D eigenvalue weighted by Gasteiger charge is 2.37. The highest BCUT2D eigenvalue weighted by Crippen LogP contribution is 2.39. The predicted molar refractivity (Wildman–Crippen MR) is 74.4 cm³/mol. The van der Waals surface area contributed by atoms with E-state index in [1.54, 1.807) is 0 Å². The van der Waals surface area contributed by atoms with Gasteiger partial charge in [0.1, 0.15) is 0 Å². The highest BCUT2D eigenvalue weighted by molar-refractivity contribution is 5.78. The van der Waals surface area contributed by atoms with Crippen molar-refractivity contribution in [2.75, 3.05) is 26.2 Å². The number of hydrogen-bond donors (Lipinski definition) is 1. The monoisotopic (exact) mass is 252 g/mol. The fourth-order valence-electron chi connectivity index (χ4n) is 3.23. The summed E-state index contributed by atoms with van der Waals surface area (Å²) in [5, 5.41) is 3.44. The van der Waals surface area contributed by atoms with Crippen molar-refractivity contribution in [2.24, 2.45) is 17.3 Å². The molecule has 1 unspecified atom stereocenters. The van der Waals surface area contributed by atoms with Crippen LogP contribution in [0, 0.1) is 17.3 Å². The lowest BCUT2D eigenvalue weighted by molar-refractivity contribution is -0.139. The molecule has 0 radical (unpaired) electrons. The molecule has 0 aromatic heterocycles. The smallest absolute Gasteiger partial charge is 0.225 e. The van der Waals surface area contributed by atoms with Crippen LogP contribution in [0.4, 0.5) is 0 Å². The Hall–Kier alpha value is -0.570. The summed E-state index contributed by atoms with van der Waals surface area (Å²) in [5.74, 6) is 0.994. The van der Waals surface area contributed by atoms with Gasteiger partial charge in [-0.25, -0.2) is 0 Å². The van der Waals surface area contributed by atoms with Crippen molar-refractivity contribution >= 4 is 5.91 Å². The van der Waals surface area contributed by atoms with Crippen molar-refractivity contribution in [3.05, 3.63) is 0 Å². The van der Waals surface area contributed by atoms with Gasteiger partial charge in [-0.1, -0.05) is 20.8 Å². The number of carbonyl (C=O) groups excluding carboxylic acids is 1. The number of likely N-dealkylation sites (tertiary alicyclic amines) is 1. The summed E-state index contributed by atoms with van der Waals surface area (Å²) in [4.78, 5) is 14.4. The van der Waals surface area contributed by atoms with Gasteiger partial charge in [0.05, 0.1) is 0 Å². The molecule has 0 bridgehead atoms. The summed E-state index contributed by atoms with van der Waals surface area (Å²) in [5.41, 5.74) is 0.545. The Bertz CT molecular complexity index is 285. The van der Waals surface area contributed by atoms with E-state index in [1.807, 2.05) is 0 Å². The lowest BCUT2D eigenvalue weighted by atomic mass is 9.71. The largest absolute Gasteiger partial charge is 0.342 e. The van der Waals surface area contributed by atoms with Gasteiger partial charge in [0.15, 0.2) is 0 Å². The van der Waals surface area contributed by atoms with E-state index in [2.05, 4.69) is 31.0 Å². The Morgan fingerprint density at radius 3 is 2.11 bits per heavy atom. The van der Waals surface area contributed by atoms with Crippen molar-refractivity contribution in [1.82, 2.24) is 10.2 Å². The van der Waals surface area contributed by atoms with Gasteiger partial charge >= 0.3 is 0 Å². The van der Waals surface area contributed by atoms with Gasteiger partial charge < -0.3 is 10.2 Å². The molecule has 2 heterocycles. The van der Waals surface area contributed by atoms with Crippen LogP contribution in [0.1, 0.15) is 46.5 Å². The molecule has 2 aliphatic rings. The first kappa shape index (κ1) is 13.9. The molecule has 1 atom stereocenters. The van der Waals surface area contributed by atoms with Gasteiger partial charge in [0.2, 0.25) is 5.91 Å². The minimum Gasteiger partial charge on any atom is -0.342 e. The van der Waals surface area contributed by atoms with Gasteiger partial charge in [-0.05, 0) is 50.1 Å². The van der Waals surface area contributed by atoms with Crippen molar-refractivity contribution < 1.29 is 4.79 Å². The zero-order valence-electron chi connectivity index (χ0n) is 12.2. The van der Waals surface area contributed by atoms with E-state index in [4.69, 9.17) is 0 Å². The molecule has 18 heavy (non-hydrogen) atoms. The van der Waals surface area contributed by atoms with E-state index in [1.165, 1.54) is 25.7 Å². The Balaban J connectivity index is 1.88. The van der Waals surface area contributed by atoms with E-state index in [0.29, 0.717) is 17.2 Å². The fraction of sp³-hybridized carbons (Fsp3) is 0.933. The first-order valence-corrected chi connectivity index (χ1v) is 7.54. The molecule has 3 nitrogen and oxygen atoms in total. The molecule has 1 spiro atoms. The Kier molecular flexibility index (Phi) is 4.31. The fourth-order valence-corrected chi connectivity index (χ4v) is 3.23. The van der Waals surface area contributed by atoms with Crippen LogP contribution in [0.3, 0.4) is 0 Å². The first-order valence-electron chi connectivity index (χ1n) is 7.54. The molecule has 0 aromatic carbocycles. The summed E-state index contributed by atoms with van der Waals surface area (Å²) >= 11 is 0. The summed E-state index contributed by atoms with van der Waals surface area (Å²) < 4.78 is 0. The van der Waals surface area contributed by atoms with Gasteiger partial charge in [-0.2, -0.15) is 0 Å². The molecule has 1 N–H and O–H groups in total. The Labute approximate surface area is 111 Å². The van der Waals surface area contributed by atoms with Crippen LogP contribution >= 0.6 is 0 Å². The van der Waals surface area contributed by atoms with E-state index < -0.39 is 0 Å². The summed E-state index contributed by atoms with van der Waals surface area (Å²) in [6.07, 6.45) is 5.03. The maximum absolute atomic E-state index is 12.3. The molecule has 1 amide bonds. The molecule has 2 saturated heterocycles. The second-order valence-corrected chi connectivity index (χ2v) is 6.61. The zero-order valence-corrected chi connectivity index (χ0v) is 12.2. The van der Waals surface area contributed by atoms with E-state index >= 15 is 0 Å². The van der Waals surface area contributed by atoms with Crippen LogP contribution in [0.25, 0.3) is 0 Å². The second kappa shape index (κ2) is 5.60. The molecule has 0 aliphatic carbocycles. The number of rotatable bonds is 2. The van der Waals surface area contributed by atoms with Crippen molar-refractivity contribution in [3.63, 3.8) is 0 Å². The van der Waals surface area contributed by atoms with Gasteiger partial charge in [-0.15, -0.1) is 0 Å². The van der Waals surface area contributed by atoms with E-state index in [9.17, 15) is 4.79 Å². The van der Waals surface area contributed by atoms with Crippen LogP contribution < -0.4 is 5.32 Å². The number of carbonyl (C=O) groups is 1. The average Bonchev–Trinajstić information content (AvgIpc) is 2.39. The minimum absolute atomic E-state index is 0.173. The maximum atomic E-state index is 12.3. The quantitative estimate of drug-likeness (QED) is 0.817. The molecule has 0 aromatic rings. The summed E-state index contributed by atoms with van der Waals surface area (Å²) in [6.45, 7) is 10.6. The van der Waals surface area contributed by atoms with Gasteiger partial charge in [0, 0.05) is 19.0 Å². The van der Waals surface area contributed by atoms with Gasteiger partial charge in [0.25, 0.3) is 0 Å². The van der Waals surface area contributed by atoms with Crippen LogP contribution in [-0.2, 0) is 4.79 Å². The van der Waals surface area contributed by atoms with Crippen molar-refractivity contribution in [1.29, 1.82) is 0 Å². The lowest BCUT2D eigenvalue weighted by Crippen LogP contribution is -2.48. The topological polar surface area (TPSA) is 32.3 Å². The standard InChI is InChI=1S/C15H28N2O/c1-12(2)13(3)14(18)17-10-6-15(7-11-17)4-8-16-9-5-15/h12-13,16H,4-11H2,1-3H3. The highest BCUT2D eigenvalue weighted by atomic mass is 16.2. The number of nitrogens with zero attached hydrogens (tertiary/aromatic N) is 1. The lowest BCUT2D eigenvalue weighted by Gasteiger charge is -2.45. The Morgan fingerprint density at radius 1 is 1.06 bits per heavy atom. The molecule has 0 saturated carbocycles. The molecule has 2 rings (SSSR count). The third-order valence-corrected chi connectivity index (χ3v) is 5.19. The third kappa shape index (κ3) is 2.87. The SMILES string of the molecule is CC(C)C(C)C(=O)N1CCC2(CCNCC2)CC1. The number of piperidine rings is 2. The summed E-state index contributed by atoms with van der Waals surface area (Å²) in [7, 11) is 0. The normalized spacial score (nSPS) is 25.4. The predicted octanol–water partition coefficient (Wildman–Crippen LogP) is 2.27. The minimum atomic E-state index is 0.173. The molecule has 104 valence electrons. The molecular weight excluding hydrogens is 224 g/mol. The van der Waals surface area contributed by atoms with Crippen LogP contribution in [0.2, 0.25) is 0 Å². The molecule has 2 aliphatic heterocycles. The third-order valence-electron chi connectivity index (χ3n) is 5.19. The number of nitrogens with one attached hydrogen (secondary N) is 1.